The molecule has 0 unspecified atom stereocenters. The Labute approximate surface area is 260 Å². The zero-order valence-electron chi connectivity index (χ0n) is 24.5. The molecule has 1 fully saturated rings. The van der Waals surface area contributed by atoms with Crippen molar-refractivity contribution in [2.24, 2.45) is 10.7 Å². The van der Waals surface area contributed by atoms with Gasteiger partial charge in [0.05, 0.1) is 23.3 Å². The number of aromatic nitrogens is 3. The summed E-state index contributed by atoms with van der Waals surface area (Å²) in [7, 11) is 1.62. The second-order valence-corrected chi connectivity index (χ2v) is 10.6. The number of anilines is 3. The second kappa shape index (κ2) is 13.9. The predicted octanol–water partition coefficient (Wildman–Crippen LogP) is 5.91. The van der Waals surface area contributed by atoms with Crippen molar-refractivity contribution in [2.75, 3.05) is 30.8 Å². The molecule has 1 aliphatic heterocycles. The Morgan fingerprint density at radius 2 is 1.95 bits per heavy atom. The third kappa shape index (κ3) is 7.42. The number of fused-ring (bicyclic) bond motifs is 1. The molecule has 0 bridgehead atoms. The fraction of sp³-hybridized carbons (Fsp3) is 0.219. The number of allylic oxidation sites excluding steroid dienone is 1. The number of rotatable bonds is 10. The number of methoxy groups -OCH3 is 1. The number of nitrogens with zero attached hydrogens (tertiary/aromatic N) is 5. The van der Waals surface area contributed by atoms with Crippen LogP contribution < -0.4 is 25.8 Å². The maximum Gasteiger partial charge on any atom is 0.245 e. The first kappa shape index (κ1) is 30.3. The molecule has 1 amide bonds. The van der Waals surface area contributed by atoms with E-state index in [0.717, 1.165) is 29.5 Å². The summed E-state index contributed by atoms with van der Waals surface area (Å²) in [6.07, 6.45) is 9.24. The first-order valence-electron chi connectivity index (χ1n) is 14.0. The third-order valence-electron chi connectivity index (χ3n) is 7.06. The van der Waals surface area contributed by atoms with E-state index in [1.54, 1.807) is 25.4 Å². The van der Waals surface area contributed by atoms with E-state index in [1.807, 2.05) is 42.2 Å². The first-order chi connectivity index (χ1) is 21.3. The van der Waals surface area contributed by atoms with Crippen LogP contribution in [-0.2, 0) is 4.79 Å². The average Bonchev–Trinajstić information content (AvgIpc) is 3.03. The SMILES string of the molecule is C=CC(=O)N1CCC(Nc2cc3c(Nc4ccc(O/C(N)=C/C=Nc5ccc(C)cn5)c(Cl)c4)ncnc3cc2OC)CC1. The van der Waals surface area contributed by atoms with Gasteiger partial charge < -0.3 is 30.7 Å². The van der Waals surface area contributed by atoms with E-state index in [2.05, 4.69) is 37.2 Å². The van der Waals surface area contributed by atoms with Gasteiger partial charge in [-0.25, -0.2) is 19.9 Å². The highest BCUT2D eigenvalue weighted by atomic mass is 35.5. The van der Waals surface area contributed by atoms with Gasteiger partial charge in [0.15, 0.2) is 11.7 Å². The Bertz CT molecular complexity index is 1720. The topological polar surface area (TPSA) is 140 Å². The lowest BCUT2D eigenvalue weighted by Crippen LogP contribution is -2.41. The van der Waals surface area contributed by atoms with Crippen molar-refractivity contribution >= 4 is 57.6 Å². The number of carbonyl (C=O) groups is 1. The lowest BCUT2D eigenvalue weighted by Gasteiger charge is -2.32. The van der Waals surface area contributed by atoms with E-state index in [4.69, 9.17) is 26.8 Å². The molecule has 1 saturated heterocycles. The normalized spacial score (nSPS) is 14.1. The van der Waals surface area contributed by atoms with Crippen molar-refractivity contribution in [1.29, 1.82) is 0 Å². The molecule has 44 heavy (non-hydrogen) atoms. The first-order valence-corrected chi connectivity index (χ1v) is 14.4. The molecule has 12 heteroatoms. The molecule has 0 atom stereocenters. The Morgan fingerprint density at radius 1 is 1.14 bits per heavy atom. The molecule has 5 rings (SSSR count). The number of hydrogen-bond acceptors (Lipinski definition) is 10. The number of likely N-dealkylation sites (tertiary alicyclic amines) is 1. The maximum absolute atomic E-state index is 12.0. The minimum Gasteiger partial charge on any atom is -0.495 e. The quantitative estimate of drug-likeness (QED) is 0.113. The number of hydrogen-bond donors (Lipinski definition) is 3. The average molecular weight is 613 g/mol. The van der Waals surface area contributed by atoms with E-state index in [9.17, 15) is 4.79 Å². The Morgan fingerprint density at radius 3 is 2.66 bits per heavy atom. The predicted molar refractivity (Wildman–Crippen MR) is 174 cm³/mol. The Kier molecular flexibility index (Phi) is 9.56. The van der Waals surface area contributed by atoms with Crippen LogP contribution in [-0.4, -0.2) is 58.2 Å². The number of nitrogens with one attached hydrogen (secondary N) is 2. The Balaban J connectivity index is 1.29. The Hall–Kier alpha value is -5.16. The highest BCUT2D eigenvalue weighted by Gasteiger charge is 2.22. The molecule has 4 N–H and O–H groups in total. The van der Waals surface area contributed by atoms with Crippen LogP contribution in [0.15, 0.2) is 84.6 Å². The van der Waals surface area contributed by atoms with Crippen LogP contribution in [0.5, 0.6) is 11.5 Å². The van der Waals surface area contributed by atoms with Crippen molar-refractivity contribution in [1.82, 2.24) is 19.9 Å². The molecule has 0 radical (unpaired) electrons. The monoisotopic (exact) mass is 612 g/mol. The molecule has 3 heterocycles. The number of nitrogens with two attached hydrogens (primary N) is 1. The molecule has 2 aromatic heterocycles. The van der Waals surface area contributed by atoms with Crippen LogP contribution >= 0.6 is 11.6 Å². The summed E-state index contributed by atoms with van der Waals surface area (Å²) < 4.78 is 11.4. The fourth-order valence-corrected chi connectivity index (χ4v) is 4.96. The summed E-state index contributed by atoms with van der Waals surface area (Å²) in [4.78, 5) is 31.1. The highest BCUT2D eigenvalue weighted by Crippen LogP contribution is 2.35. The number of aryl methyl sites for hydroxylation is 1. The van der Waals surface area contributed by atoms with Gasteiger partial charge >= 0.3 is 0 Å². The molecular formula is C32H33ClN8O3. The van der Waals surface area contributed by atoms with Crippen molar-refractivity contribution in [3.05, 3.63) is 90.2 Å². The van der Waals surface area contributed by atoms with Crippen molar-refractivity contribution < 1.29 is 14.3 Å². The van der Waals surface area contributed by atoms with E-state index in [0.29, 0.717) is 52.5 Å². The minimum absolute atomic E-state index is 0.0414. The van der Waals surface area contributed by atoms with Crippen LogP contribution in [0, 0.1) is 6.92 Å². The number of halogens is 1. The second-order valence-electron chi connectivity index (χ2n) is 10.2. The number of carbonyl (C=O) groups excluding carboxylic acids is 1. The third-order valence-corrected chi connectivity index (χ3v) is 7.36. The van der Waals surface area contributed by atoms with E-state index in [-0.39, 0.29) is 17.8 Å². The number of piperidine rings is 1. The van der Waals surface area contributed by atoms with Crippen molar-refractivity contribution in [2.45, 2.75) is 25.8 Å². The molecule has 0 aliphatic carbocycles. The van der Waals surface area contributed by atoms with Crippen LogP contribution in [0.2, 0.25) is 5.02 Å². The van der Waals surface area contributed by atoms with Crippen molar-refractivity contribution in [3.63, 3.8) is 0 Å². The van der Waals surface area contributed by atoms with Crippen LogP contribution in [0.1, 0.15) is 18.4 Å². The zero-order valence-corrected chi connectivity index (χ0v) is 25.2. The number of benzene rings is 2. The van der Waals surface area contributed by atoms with Crippen molar-refractivity contribution in [3.8, 4) is 11.5 Å². The van der Waals surface area contributed by atoms with Gasteiger partial charge in [0.1, 0.15) is 23.6 Å². The van der Waals surface area contributed by atoms with Crippen LogP contribution in [0.3, 0.4) is 0 Å². The minimum atomic E-state index is -0.0414. The number of pyridine rings is 1. The summed E-state index contributed by atoms with van der Waals surface area (Å²) in [5, 5.41) is 8.06. The van der Waals surface area contributed by atoms with Crippen LogP contribution in [0.25, 0.3) is 10.9 Å². The zero-order chi connectivity index (χ0) is 31.1. The number of aliphatic imine (C=N–C) groups is 1. The molecule has 0 spiro atoms. The molecule has 2 aromatic carbocycles. The summed E-state index contributed by atoms with van der Waals surface area (Å²) in [5.74, 6) is 2.29. The molecule has 11 nitrogen and oxygen atoms in total. The van der Waals surface area contributed by atoms with Gasteiger partial charge in [0, 0.05) is 54.8 Å². The molecule has 1 aliphatic rings. The lowest BCUT2D eigenvalue weighted by atomic mass is 10.0. The fourth-order valence-electron chi connectivity index (χ4n) is 4.74. The van der Waals surface area contributed by atoms with Gasteiger partial charge in [0.2, 0.25) is 5.91 Å². The van der Waals surface area contributed by atoms with E-state index < -0.39 is 0 Å². The van der Waals surface area contributed by atoms with Gasteiger partial charge in [-0.05, 0) is 61.7 Å². The van der Waals surface area contributed by atoms with E-state index in [1.165, 1.54) is 24.7 Å². The van der Waals surface area contributed by atoms with E-state index >= 15 is 0 Å². The standard InChI is InChI=1S/C32H33ClN8O3/c1-4-31(42)41-13-10-21(11-14-41)39-26-16-23-25(17-28(26)43-3)37-19-38-32(23)40-22-6-7-27(24(33)15-22)44-29(34)9-12-35-30-8-5-20(2)18-36-30/h4-9,12,15-19,21,39H,1,10-11,13-14,34H2,2-3H3,(H,37,38,40)/b29-9+,35-12?. The molecule has 4 aromatic rings. The summed E-state index contributed by atoms with van der Waals surface area (Å²) in [6.45, 7) is 6.87. The maximum atomic E-state index is 12.0. The molecule has 226 valence electrons. The highest BCUT2D eigenvalue weighted by molar-refractivity contribution is 6.32. The van der Waals surface area contributed by atoms with Gasteiger partial charge in [-0.2, -0.15) is 0 Å². The molecule has 0 saturated carbocycles. The lowest BCUT2D eigenvalue weighted by molar-refractivity contribution is -0.126. The summed E-state index contributed by atoms with van der Waals surface area (Å²) >= 11 is 6.53. The van der Waals surface area contributed by atoms with Gasteiger partial charge in [-0.1, -0.05) is 24.2 Å². The van der Waals surface area contributed by atoms with Gasteiger partial charge in [-0.15, -0.1) is 0 Å². The summed E-state index contributed by atoms with van der Waals surface area (Å²) in [6, 6.07) is 13.0. The largest absolute Gasteiger partial charge is 0.495 e. The van der Waals surface area contributed by atoms with Gasteiger partial charge in [-0.3, -0.25) is 4.79 Å². The van der Waals surface area contributed by atoms with Crippen LogP contribution in [0.4, 0.5) is 23.0 Å². The number of amides is 1. The van der Waals surface area contributed by atoms with Gasteiger partial charge in [0.25, 0.3) is 0 Å². The number of ether oxygens (including phenoxy) is 2. The smallest absolute Gasteiger partial charge is 0.245 e. The summed E-state index contributed by atoms with van der Waals surface area (Å²) in [5.41, 5.74) is 9.29. The molecular weight excluding hydrogens is 580 g/mol.